The predicted octanol–water partition coefficient (Wildman–Crippen LogP) is 4.95. The van der Waals surface area contributed by atoms with Crippen LogP contribution < -0.4 is 0 Å². The zero-order chi connectivity index (χ0) is 15.1. The summed E-state index contributed by atoms with van der Waals surface area (Å²) in [6.07, 6.45) is 5.65. The maximum absolute atomic E-state index is 9.17. The lowest BCUT2D eigenvalue weighted by Gasteiger charge is -2.39. The highest BCUT2D eigenvalue weighted by molar-refractivity contribution is 5.13. The van der Waals surface area contributed by atoms with Crippen LogP contribution in [-0.2, 0) is 11.3 Å². The van der Waals surface area contributed by atoms with Crippen LogP contribution in [0.15, 0.2) is 30.3 Å². The van der Waals surface area contributed by atoms with Crippen molar-refractivity contribution < 1.29 is 4.74 Å². The van der Waals surface area contributed by atoms with Crippen LogP contribution in [0.3, 0.4) is 0 Å². The van der Waals surface area contributed by atoms with E-state index in [0.717, 1.165) is 6.61 Å². The fourth-order valence-electron chi connectivity index (χ4n) is 3.91. The van der Waals surface area contributed by atoms with Crippen LogP contribution >= 0.6 is 0 Å². The Kier molecular flexibility index (Phi) is 5.82. The molecule has 1 unspecified atom stereocenters. The van der Waals surface area contributed by atoms with E-state index < -0.39 is 0 Å². The Hall–Kier alpha value is -1.33. The van der Waals surface area contributed by atoms with Gasteiger partial charge in [-0.1, -0.05) is 57.0 Å². The lowest BCUT2D eigenvalue weighted by Crippen LogP contribution is -2.35. The second-order valence-corrected chi connectivity index (χ2v) is 6.76. The molecule has 0 radical (unpaired) electrons. The van der Waals surface area contributed by atoms with Crippen molar-refractivity contribution in [3.63, 3.8) is 0 Å². The van der Waals surface area contributed by atoms with Crippen molar-refractivity contribution in [1.82, 2.24) is 0 Å². The summed E-state index contributed by atoms with van der Waals surface area (Å²) in [5.74, 6) is 1.00. The normalized spacial score (nSPS) is 18.6. The molecule has 0 bridgehead atoms. The summed E-state index contributed by atoms with van der Waals surface area (Å²) in [5.41, 5.74) is 1.45. The molecule has 2 nitrogen and oxygen atoms in total. The lowest BCUT2D eigenvalue weighted by molar-refractivity contribution is -0.0119. The fraction of sp³-hybridized carbons (Fsp3) is 0.632. The molecule has 1 fully saturated rings. The van der Waals surface area contributed by atoms with Gasteiger partial charge in [0.2, 0.25) is 0 Å². The third-order valence-electron chi connectivity index (χ3n) is 5.00. The van der Waals surface area contributed by atoms with E-state index in [-0.39, 0.29) is 5.41 Å². The number of nitriles is 1. The number of hydrogen-bond acceptors (Lipinski definition) is 2. The molecule has 0 saturated heterocycles. The van der Waals surface area contributed by atoms with Gasteiger partial charge < -0.3 is 4.74 Å². The predicted molar refractivity (Wildman–Crippen MR) is 85.6 cm³/mol. The summed E-state index contributed by atoms with van der Waals surface area (Å²) < 4.78 is 6.08. The third kappa shape index (κ3) is 4.08. The zero-order valence-electron chi connectivity index (χ0n) is 13.3. The van der Waals surface area contributed by atoms with Crippen LogP contribution in [-0.4, -0.2) is 6.61 Å². The van der Waals surface area contributed by atoms with Gasteiger partial charge in [-0.05, 0) is 35.7 Å². The molecule has 1 atom stereocenters. The third-order valence-corrected chi connectivity index (χ3v) is 5.00. The van der Waals surface area contributed by atoms with Crippen molar-refractivity contribution in [1.29, 1.82) is 5.26 Å². The first-order valence-corrected chi connectivity index (χ1v) is 8.16. The second kappa shape index (κ2) is 7.61. The van der Waals surface area contributed by atoms with Crippen LogP contribution in [0.25, 0.3) is 0 Å². The van der Waals surface area contributed by atoms with Gasteiger partial charge in [-0.3, -0.25) is 0 Å². The molecular weight excluding hydrogens is 258 g/mol. The van der Waals surface area contributed by atoms with Crippen molar-refractivity contribution in [2.24, 2.45) is 17.3 Å². The van der Waals surface area contributed by atoms with Crippen molar-refractivity contribution >= 4 is 0 Å². The first kappa shape index (κ1) is 16.0. The maximum atomic E-state index is 9.17. The minimum atomic E-state index is 0.221. The number of nitrogens with zero attached hydrogens (tertiary/aromatic N) is 1. The summed E-state index contributed by atoms with van der Waals surface area (Å²) in [5, 5.41) is 9.17. The van der Waals surface area contributed by atoms with Gasteiger partial charge in [-0.25, -0.2) is 0 Å². The van der Waals surface area contributed by atoms with Gasteiger partial charge in [0.05, 0.1) is 19.3 Å². The highest BCUT2D eigenvalue weighted by Gasteiger charge is 2.42. The van der Waals surface area contributed by atoms with Gasteiger partial charge >= 0.3 is 0 Å². The van der Waals surface area contributed by atoms with E-state index in [9.17, 15) is 5.26 Å². The van der Waals surface area contributed by atoms with Gasteiger partial charge in [-0.2, -0.15) is 5.26 Å². The van der Waals surface area contributed by atoms with Crippen molar-refractivity contribution in [2.75, 3.05) is 6.61 Å². The van der Waals surface area contributed by atoms with E-state index in [4.69, 9.17) is 4.74 Å². The first-order chi connectivity index (χ1) is 10.2. The fourth-order valence-corrected chi connectivity index (χ4v) is 3.91. The highest BCUT2D eigenvalue weighted by atomic mass is 16.5. The zero-order valence-corrected chi connectivity index (χ0v) is 13.3. The lowest BCUT2D eigenvalue weighted by atomic mass is 9.68. The Balaban J connectivity index is 1.99. The number of benzene rings is 1. The van der Waals surface area contributed by atoms with E-state index >= 15 is 0 Å². The molecule has 1 aliphatic rings. The number of ether oxygens (including phenoxy) is 1. The average Bonchev–Trinajstić information content (AvgIpc) is 2.95. The van der Waals surface area contributed by atoms with Crippen LogP contribution in [0.1, 0.15) is 51.5 Å². The molecule has 0 aromatic heterocycles. The molecule has 1 aromatic rings. The summed E-state index contributed by atoms with van der Waals surface area (Å²) in [7, 11) is 0. The molecule has 0 spiro atoms. The Bertz CT molecular complexity index is 454. The quantitative estimate of drug-likeness (QED) is 0.710. The average molecular weight is 285 g/mol. The van der Waals surface area contributed by atoms with Gasteiger partial charge in [-0.15, -0.1) is 0 Å². The Morgan fingerprint density at radius 3 is 2.43 bits per heavy atom. The van der Waals surface area contributed by atoms with Crippen LogP contribution in [0.2, 0.25) is 0 Å². The van der Waals surface area contributed by atoms with E-state index in [1.165, 1.54) is 31.2 Å². The molecule has 114 valence electrons. The monoisotopic (exact) mass is 285 g/mol. The van der Waals surface area contributed by atoms with Crippen LogP contribution in [0, 0.1) is 28.6 Å². The standard InChI is InChI=1S/C19H27NO/c1-16(2)18(10-13-20)19(11-6-7-12-19)15-21-14-17-8-4-3-5-9-17/h3-5,8-9,16,18H,6-7,10-12,14-15H2,1-2H3. The topological polar surface area (TPSA) is 33.0 Å². The van der Waals surface area contributed by atoms with Crippen LogP contribution in [0.5, 0.6) is 0 Å². The number of hydrogen-bond donors (Lipinski definition) is 0. The van der Waals surface area contributed by atoms with Gasteiger partial charge in [0.25, 0.3) is 0 Å². The molecule has 0 N–H and O–H groups in total. The molecule has 0 amide bonds. The summed E-state index contributed by atoms with van der Waals surface area (Å²) in [6.45, 7) is 5.98. The molecule has 1 saturated carbocycles. The molecule has 2 heteroatoms. The largest absolute Gasteiger partial charge is 0.376 e. The SMILES string of the molecule is CC(C)C(CC#N)C1(COCc2ccccc2)CCCC1. The molecule has 1 aliphatic carbocycles. The summed E-state index contributed by atoms with van der Waals surface area (Å²) in [6, 6.07) is 12.8. The van der Waals surface area contributed by atoms with Crippen molar-refractivity contribution in [3.05, 3.63) is 35.9 Å². The van der Waals surface area contributed by atoms with E-state index in [1.807, 2.05) is 6.07 Å². The van der Waals surface area contributed by atoms with E-state index in [1.54, 1.807) is 0 Å². The Morgan fingerprint density at radius 1 is 1.19 bits per heavy atom. The molecule has 0 heterocycles. The molecular formula is C19H27NO. The molecule has 21 heavy (non-hydrogen) atoms. The molecule has 1 aromatic carbocycles. The minimum absolute atomic E-state index is 0.221. The van der Waals surface area contributed by atoms with E-state index in [2.05, 4.69) is 44.2 Å². The Labute approximate surface area is 129 Å². The van der Waals surface area contributed by atoms with Crippen molar-refractivity contribution in [3.8, 4) is 6.07 Å². The summed E-state index contributed by atoms with van der Waals surface area (Å²) in [4.78, 5) is 0. The van der Waals surface area contributed by atoms with Gasteiger partial charge in [0.1, 0.15) is 0 Å². The van der Waals surface area contributed by atoms with Crippen molar-refractivity contribution in [2.45, 2.75) is 52.6 Å². The van der Waals surface area contributed by atoms with Crippen LogP contribution in [0.4, 0.5) is 0 Å². The number of rotatable bonds is 7. The van der Waals surface area contributed by atoms with Gasteiger partial charge in [0.15, 0.2) is 0 Å². The summed E-state index contributed by atoms with van der Waals surface area (Å²) >= 11 is 0. The Morgan fingerprint density at radius 2 is 1.86 bits per heavy atom. The molecule has 2 rings (SSSR count). The minimum Gasteiger partial charge on any atom is -0.376 e. The second-order valence-electron chi connectivity index (χ2n) is 6.76. The highest BCUT2D eigenvalue weighted by Crippen LogP contribution is 2.48. The molecule has 0 aliphatic heterocycles. The van der Waals surface area contributed by atoms with Gasteiger partial charge in [0, 0.05) is 6.42 Å². The maximum Gasteiger partial charge on any atom is 0.0717 e. The first-order valence-electron chi connectivity index (χ1n) is 8.16. The van der Waals surface area contributed by atoms with E-state index in [0.29, 0.717) is 24.9 Å². The smallest absolute Gasteiger partial charge is 0.0717 e.